The summed E-state index contributed by atoms with van der Waals surface area (Å²) in [6.07, 6.45) is 5.56. The summed E-state index contributed by atoms with van der Waals surface area (Å²) in [6, 6.07) is 19.8. The Hall–Kier alpha value is -3.41. The lowest BCUT2D eigenvalue weighted by atomic mass is 9.97. The number of aryl methyl sites for hydroxylation is 5. The van der Waals surface area contributed by atoms with Crippen molar-refractivity contribution in [3.63, 3.8) is 0 Å². The van der Waals surface area contributed by atoms with Crippen molar-refractivity contribution in [2.75, 3.05) is 0 Å². The molecule has 0 bridgehead atoms. The summed E-state index contributed by atoms with van der Waals surface area (Å²) in [5, 5.41) is 1.28. The van der Waals surface area contributed by atoms with Crippen LogP contribution in [-0.2, 0) is 32.1 Å². The van der Waals surface area contributed by atoms with Crippen LogP contribution in [0.4, 0.5) is 22.0 Å². The Bertz CT molecular complexity index is 1330. The smallest absolute Gasteiger partial charge is 0.387 e. The van der Waals surface area contributed by atoms with Gasteiger partial charge in [0.25, 0.3) is 0 Å². The van der Waals surface area contributed by atoms with Gasteiger partial charge in [-0.05, 0) is 83.9 Å². The Balaban J connectivity index is 1.41. The zero-order chi connectivity index (χ0) is 26.4. The lowest BCUT2D eigenvalue weighted by Crippen LogP contribution is -2.06. The molecule has 0 unspecified atom stereocenters. The van der Waals surface area contributed by atoms with Crippen LogP contribution in [0.1, 0.15) is 47.6 Å². The maximum absolute atomic E-state index is 15.2. The molecule has 4 rings (SSSR count). The average Bonchev–Trinajstić information content (AvgIpc) is 2.88. The van der Waals surface area contributed by atoms with Crippen LogP contribution in [0, 0.1) is 17.5 Å². The van der Waals surface area contributed by atoms with Gasteiger partial charge in [-0.25, -0.2) is 13.2 Å². The highest BCUT2D eigenvalue weighted by Gasteiger charge is 2.17. The summed E-state index contributed by atoms with van der Waals surface area (Å²) >= 11 is 0. The summed E-state index contributed by atoms with van der Waals surface area (Å²) in [5.41, 5.74) is 4.38. The van der Waals surface area contributed by atoms with Crippen molar-refractivity contribution in [3.05, 3.63) is 112 Å². The highest BCUT2D eigenvalue weighted by Crippen LogP contribution is 2.27. The number of ether oxygens (including phenoxy) is 1. The third-order valence-corrected chi connectivity index (χ3v) is 6.59. The predicted molar refractivity (Wildman–Crippen MR) is 137 cm³/mol. The molecule has 0 heterocycles. The van der Waals surface area contributed by atoms with Gasteiger partial charge in [-0.3, -0.25) is 0 Å². The topological polar surface area (TPSA) is 9.23 Å². The molecule has 0 atom stereocenters. The minimum atomic E-state index is -3.33. The first kappa shape index (κ1) is 26.6. The van der Waals surface area contributed by atoms with Crippen LogP contribution in [-0.4, -0.2) is 6.61 Å². The molecule has 0 aliphatic rings. The van der Waals surface area contributed by atoms with Crippen molar-refractivity contribution in [1.29, 1.82) is 0 Å². The van der Waals surface area contributed by atoms with Crippen LogP contribution < -0.4 is 4.74 Å². The van der Waals surface area contributed by atoms with E-state index in [9.17, 15) is 17.6 Å². The fourth-order valence-electron chi connectivity index (χ4n) is 4.51. The van der Waals surface area contributed by atoms with Crippen molar-refractivity contribution in [2.24, 2.45) is 0 Å². The summed E-state index contributed by atoms with van der Waals surface area (Å²) in [6.45, 7) is -1.14. The number of hydrogen-bond donors (Lipinski definition) is 0. The van der Waals surface area contributed by atoms with Crippen molar-refractivity contribution in [2.45, 2.75) is 58.5 Å². The molecule has 4 aromatic rings. The first-order valence-electron chi connectivity index (χ1n) is 12.5. The fourth-order valence-corrected chi connectivity index (χ4v) is 4.51. The van der Waals surface area contributed by atoms with E-state index in [0.29, 0.717) is 10.9 Å². The lowest BCUT2D eigenvalue weighted by Gasteiger charge is -2.11. The van der Waals surface area contributed by atoms with Gasteiger partial charge >= 0.3 is 6.61 Å². The number of halogens is 5. The molecule has 0 aromatic heterocycles. The molecule has 0 aliphatic carbocycles. The molecular formula is C31H29F5O. The SMILES string of the molecule is CCCCc1ccc(CCc2ccc3c(F)c(CCc4cc(F)c(OC(F)F)c(F)c4)ccc3c2)cc1. The van der Waals surface area contributed by atoms with Gasteiger partial charge in [0.2, 0.25) is 0 Å². The van der Waals surface area contributed by atoms with Gasteiger partial charge < -0.3 is 4.74 Å². The van der Waals surface area contributed by atoms with Crippen molar-refractivity contribution >= 4 is 10.8 Å². The number of rotatable bonds is 11. The van der Waals surface area contributed by atoms with E-state index in [1.165, 1.54) is 24.0 Å². The minimum absolute atomic E-state index is 0.139. The average molecular weight is 513 g/mol. The zero-order valence-electron chi connectivity index (χ0n) is 20.7. The third kappa shape index (κ3) is 6.88. The van der Waals surface area contributed by atoms with Crippen LogP contribution in [0.5, 0.6) is 5.75 Å². The maximum atomic E-state index is 15.2. The fraction of sp³-hybridized carbons (Fsp3) is 0.290. The highest BCUT2D eigenvalue weighted by molar-refractivity contribution is 5.84. The van der Waals surface area contributed by atoms with Gasteiger partial charge in [-0.15, -0.1) is 0 Å². The van der Waals surface area contributed by atoms with Gasteiger partial charge in [-0.1, -0.05) is 67.9 Å². The molecule has 37 heavy (non-hydrogen) atoms. The van der Waals surface area contributed by atoms with Crippen LogP contribution in [0.2, 0.25) is 0 Å². The van der Waals surface area contributed by atoms with E-state index in [1.54, 1.807) is 12.1 Å². The first-order chi connectivity index (χ1) is 17.8. The van der Waals surface area contributed by atoms with Gasteiger partial charge in [0, 0.05) is 5.39 Å². The zero-order valence-corrected chi connectivity index (χ0v) is 20.7. The number of fused-ring (bicyclic) bond motifs is 1. The van der Waals surface area contributed by atoms with Crippen LogP contribution in [0.3, 0.4) is 0 Å². The predicted octanol–water partition coefficient (Wildman–Crippen LogP) is 8.77. The Labute approximate surface area is 213 Å². The number of alkyl halides is 2. The Morgan fingerprint density at radius 1 is 0.649 bits per heavy atom. The van der Waals surface area contributed by atoms with Gasteiger partial charge in [0.15, 0.2) is 17.4 Å². The normalized spacial score (nSPS) is 11.4. The second-order valence-electron chi connectivity index (χ2n) is 9.28. The van der Waals surface area contributed by atoms with Crippen LogP contribution in [0.25, 0.3) is 10.8 Å². The monoisotopic (exact) mass is 512 g/mol. The Morgan fingerprint density at radius 2 is 1.24 bits per heavy atom. The summed E-state index contributed by atoms with van der Waals surface area (Å²) in [5.74, 6) is -3.91. The highest BCUT2D eigenvalue weighted by atomic mass is 19.3. The van der Waals surface area contributed by atoms with Crippen molar-refractivity contribution in [3.8, 4) is 5.75 Å². The van der Waals surface area contributed by atoms with E-state index >= 15 is 4.39 Å². The number of benzene rings is 4. The maximum Gasteiger partial charge on any atom is 0.387 e. The second kappa shape index (κ2) is 12.2. The minimum Gasteiger partial charge on any atom is -0.429 e. The number of unbranched alkanes of at least 4 members (excludes halogenated alkanes) is 1. The standard InChI is InChI=1S/C31H29F5O/c1-2-3-4-20-5-7-21(8-6-20)9-10-22-12-16-26-25(17-22)15-14-24(29(26)34)13-11-23-18-27(32)30(28(33)19-23)37-31(35)36/h5-8,12,14-19,31H,2-4,9-11,13H2,1H3. The van der Waals surface area contributed by atoms with E-state index in [-0.39, 0.29) is 24.2 Å². The quantitative estimate of drug-likeness (QED) is 0.183. The third-order valence-electron chi connectivity index (χ3n) is 6.59. The molecule has 0 spiro atoms. The van der Waals surface area contributed by atoms with Gasteiger partial charge in [-0.2, -0.15) is 8.78 Å². The molecule has 0 saturated carbocycles. The summed E-state index contributed by atoms with van der Waals surface area (Å²) in [7, 11) is 0. The lowest BCUT2D eigenvalue weighted by molar-refractivity contribution is -0.0546. The van der Waals surface area contributed by atoms with Crippen LogP contribution >= 0.6 is 0 Å². The second-order valence-corrected chi connectivity index (χ2v) is 9.28. The first-order valence-corrected chi connectivity index (χ1v) is 12.5. The molecule has 1 nitrogen and oxygen atoms in total. The van der Waals surface area contributed by atoms with Crippen LogP contribution in [0.15, 0.2) is 66.7 Å². The molecule has 0 radical (unpaired) electrons. The molecule has 0 saturated heterocycles. The molecule has 0 N–H and O–H groups in total. The molecule has 0 aliphatic heterocycles. The van der Waals surface area contributed by atoms with E-state index in [2.05, 4.69) is 35.9 Å². The molecule has 0 fully saturated rings. The van der Waals surface area contributed by atoms with E-state index in [0.717, 1.165) is 42.3 Å². The van der Waals surface area contributed by atoms with Gasteiger partial charge in [0.05, 0.1) is 0 Å². The molecule has 194 valence electrons. The molecular weight excluding hydrogens is 483 g/mol. The summed E-state index contributed by atoms with van der Waals surface area (Å²) < 4.78 is 71.7. The Kier molecular flexibility index (Phi) is 8.80. The summed E-state index contributed by atoms with van der Waals surface area (Å²) in [4.78, 5) is 0. The molecule has 6 heteroatoms. The van der Waals surface area contributed by atoms with E-state index < -0.39 is 24.0 Å². The molecule has 0 amide bonds. The van der Waals surface area contributed by atoms with Crippen molar-refractivity contribution in [1.82, 2.24) is 0 Å². The van der Waals surface area contributed by atoms with E-state index in [4.69, 9.17) is 0 Å². The van der Waals surface area contributed by atoms with E-state index in [1.807, 2.05) is 18.2 Å². The van der Waals surface area contributed by atoms with Gasteiger partial charge in [0.1, 0.15) is 5.82 Å². The molecule has 4 aromatic carbocycles. The van der Waals surface area contributed by atoms with Crippen molar-refractivity contribution < 1.29 is 26.7 Å². The Morgan fingerprint density at radius 3 is 1.89 bits per heavy atom. The number of hydrogen-bond acceptors (Lipinski definition) is 1. The largest absolute Gasteiger partial charge is 0.429 e.